The first-order valence-corrected chi connectivity index (χ1v) is 8.97. The largest absolute Gasteiger partial charge is 0.356 e. The third kappa shape index (κ3) is 3.30. The predicted molar refractivity (Wildman–Crippen MR) is 87.9 cm³/mol. The molecular formula is C16H19N3O3S. The van der Waals surface area contributed by atoms with Crippen molar-refractivity contribution in [2.24, 2.45) is 0 Å². The molecule has 0 spiro atoms. The Morgan fingerprint density at radius 2 is 1.96 bits per heavy atom. The van der Waals surface area contributed by atoms with Crippen LogP contribution < -0.4 is 5.32 Å². The van der Waals surface area contributed by atoms with Gasteiger partial charge < -0.3 is 10.3 Å². The molecule has 0 atom stereocenters. The molecule has 3 rings (SSSR count). The first-order chi connectivity index (χ1) is 11.0. The van der Waals surface area contributed by atoms with Gasteiger partial charge in [-0.1, -0.05) is 12.1 Å². The molecule has 0 unspecified atom stereocenters. The fraction of sp³-hybridized carbons (Fsp3) is 0.312. The number of rotatable bonds is 4. The highest BCUT2D eigenvalue weighted by atomic mass is 32.2. The predicted octanol–water partition coefficient (Wildman–Crippen LogP) is 2.36. The molecule has 0 radical (unpaired) electrons. The molecule has 1 aromatic heterocycles. The number of benzene rings is 1. The molecule has 1 aliphatic rings. The summed E-state index contributed by atoms with van der Waals surface area (Å²) in [6.07, 6.45) is 3.13. The zero-order valence-corrected chi connectivity index (χ0v) is 13.7. The van der Waals surface area contributed by atoms with Gasteiger partial charge in [0.2, 0.25) is 10.0 Å². The summed E-state index contributed by atoms with van der Waals surface area (Å²) < 4.78 is 26.4. The van der Waals surface area contributed by atoms with E-state index in [9.17, 15) is 13.2 Å². The molecule has 7 heteroatoms. The van der Waals surface area contributed by atoms with E-state index in [2.05, 4.69) is 10.3 Å². The summed E-state index contributed by atoms with van der Waals surface area (Å²) in [5.41, 5.74) is 1.93. The van der Waals surface area contributed by atoms with Gasteiger partial charge in [0.25, 0.3) is 5.91 Å². The van der Waals surface area contributed by atoms with Crippen molar-refractivity contribution < 1.29 is 13.2 Å². The first-order valence-electron chi connectivity index (χ1n) is 7.53. The molecule has 1 amide bonds. The monoisotopic (exact) mass is 333 g/mol. The van der Waals surface area contributed by atoms with Crippen LogP contribution in [-0.4, -0.2) is 36.7 Å². The Morgan fingerprint density at radius 1 is 1.22 bits per heavy atom. The van der Waals surface area contributed by atoms with Crippen molar-refractivity contribution >= 4 is 21.6 Å². The lowest BCUT2D eigenvalue weighted by molar-refractivity contribution is 0.102. The van der Waals surface area contributed by atoms with Crippen molar-refractivity contribution in [1.29, 1.82) is 0 Å². The minimum absolute atomic E-state index is 0.133. The van der Waals surface area contributed by atoms with Gasteiger partial charge in [-0.05, 0) is 43.5 Å². The summed E-state index contributed by atoms with van der Waals surface area (Å²) in [7, 11) is -3.51. The highest BCUT2D eigenvalue weighted by molar-refractivity contribution is 7.89. The van der Waals surface area contributed by atoms with Crippen LogP contribution in [-0.2, 0) is 10.0 Å². The lowest BCUT2D eigenvalue weighted by Gasteiger charge is -2.13. The summed E-state index contributed by atoms with van der Waals surface area (Å²) in [6, 6.07) is 8.81. The van der Waals surface area contributed by atoms with Crippen molar-refractivity contribution in [3.05, 3.63) is 47.8 Å². The maximum Gasteiger partial charge on any atom is 0.272 e. The molecule has 0 bridgehead atoms. The van der Waals surface area contributed by atoms with Gasteiger partial charge in [-0.15, -0.1) is 0 Å². The maximum absolute atomic E-state index is 12.4. The van der Waals surface area contributed by atoms with Gasteiger partial charge in [0.05, 0.1) is 0 Å². The highest BCUT2D eigenvalue weighted by Gasteiger charge is 2.28. The van der Waals surface area contributed by atoms with Crippen molar-refractivity contribution in [2.75, 3.05) is 18.4 Å². The van der Waals surface area contributed by atoms with E-state index in [4.69, 9.17) is 0 Å². The van der Waals surface area contributed by atoms with Gasteiger partial charge in [-0.2, -0.15) is 4.31 Å². The Morgan fingerprint density at radius 3 is 2.65 bits per heavy atom. The second-order valence-electron chi connectivity index (χ2n) is 5.68. The molecule has 2 N–H and O–H groups in total. The minimum atomic E-state index is -3.51. The summed E-state index contributed by atoms with van der Waals surface area (Å²) in [6.45, 7) is 3.02. The van der Waals surface area contributed by atoms with E-state index in [1.54, 1.807) is 6.07 Å². The summed E-state index contributed by atoms with van der Waals surface area (Å²) in [5, 5.41) is 2.75. The van der Waals surface area contributed by atoms with E-state index in [0.29, 0.717) is 18.8 Å². The zero-order valence-electron chi connectivity index (χ0n) is 12.9. The zero-order chi connectivity index (χ0) is 16.4. The van der Waals surface area contributed by atoms with E-state index in [-0.39, 0.29) is 16.5 Å². The Hall–Kier alpha value is -2.12. The molecule has 23 heavy (non-hydrogen) atoms. The van der Waals surface area contributed by atoms with Gasteiger partial charge in [0.1, 0.15) is 10.6 Å². The number of nitrogens with zero attached hydrogens (tertiary/aromatic N) is 1. The number of sulfonamides is 1. The molecule has 0 aliphatic carbocycles. The molecule has 0 saturated carbocycles. The van der Waals surface area contributed by atoms with Gasteiger partial charge >= 0.3 is 0 Å². The summed E-state index contributed by atoms with van der Waals surface area (Å²) in [4.78, 5) is 15.1. The van der Waals surface area contributed by atoms with Crippen LogP contribution in [0.15, 0.2) is 41.4 Å². The third-order valence-corrected chi connectivity index (χ3v) is 5.76. The number of carbonyl (C=O) groups is 1. The fourth-order valence-corrected chi connectivity index (χ4v) is 4.16. The summed E-state index contributed by atoms with van der Waals surface area (Å²) >= 11 is 0. The van der Waals surface area contributed by atoms with Crippen molar-refractivity contribution in [1.82, 2.24) is 9.29 Å². The number of hydrogen-bond donors (Lipinski definition) is 2. The van der Waals surface area contributed by atoms with Crippen LogP contribution in [0.5, 0.6) is 0 Å². The van der Waals surface area contributed by atoms with Crippen LogP contribution in [0.2, 0.25) is 0 Å². The number of H-pyrrole nitrogens is 1. The SMILES string of the molecule is Cc1cccc(NC(=O)c2cc(S(=O)(=O)N3CCCC3)c[nH]2)c1. The van der Waals surface area contributed by atoms with Gasteiger partial charge in [-0.3, -0.25) is 4.79 Å². The molecular weight excluding hydrogens is 314 g/mol. The molecule has 1 fully saturated rings. The van der Waals surface area contributed by atoms with Crippen LogP contribution in [0.4, 0.5) is 5.69 Å². The Balaban J connectivity index is 1.77. The van der Waals surface area contributed by atoms with Gasteiger partial charge in [0, 0.05) is 25.0 Å². The number of nitrogens with one attached hydrogen (secondary N) is 2. The van der Waals surface area contributed by atoms with Crippen LogP contribution >= 0.6 is 0 Å². The number of aromatic nitrogens is 1. The standard InChI is InChI=1S/C16H19N3O3S/c1-12-5-4-6-13(9-12)18-16(20)15-10-14(11-17-15)23(21,22)19-7-2-3-8-19/h4-6,9-11,17H,2-3,7-8H2,1H3,(H,18,20). The maximum atomic E-state index is 12.4. The van der Waals surface area contributed by atoms with Crippen LogP contribution in [0.25, 0.3) is 0 Å². The number of hydrogen-bond acceptors (Lipinski definition) is 3. The van der Waals surface area contributed by atoms with E-state index < -0.39 is 10.0 Å². The normalized spacial score (nSPS) is 15.7. The lowest BCUT2D eigenvalue weighted by Crippen LogP contribution is -2.27. The molecule has 1 aliphatic heterocycles. The van der Waals surface area contributed by atoms with Gasteiger partial charge in [-0.25, -0.2) is 8.42 Å². The van der Waals surface area contributed by atoms with E-state index in [1.165, 1.54) is 16.6 Å². The van der Waals surface area contributed by atoms with Crippen LogP contribution in [0, 0.1) is 6.92 Å². The molecule has 2 aromatic rings. The first kappa shape index (κ1) is 15.8. The number of aryl methyl sites for hydroxylation is 1. The van der Waals surface area contributed by atoms with E-state index >= 15 is 0 Å². The van der Waals surface area contributed by atoms with Crippen molar-refractivity contribution in [3.63, 3.8) is 0 Å². The lowest BCUT2D eigenvalue weighted by atomic mass is 10.2. The number of anilines is 1. The van der Waals surface area contributed by atoms with Crippen molar-refractivity contribution in [3.8, 4) is 0 Å². The number of carbonyl (C=O) groups excluding carboxylic acids is 1. The molecule has 1 aromatic carbocycles. The third-order valence-electron chi connectivity index (χ3n) is 3.88. The average molecular weight is 333 g/mol. The van der Waals surface area contributed by atoms with E-state index in [0.717, 1.165) is 18.4 Å². The average Bonchev–Trinajstić information content (AvgIpc) is 3.19. The van der Waals surface area contributed by atoms with Gasteiger partial charge in [0.15, 0.2) is 0 Å². The van der Waals surface area contributed by atoms with Crippen LogP contribution in [0.1, 0.15) is 28.9 Å². The Kier molecular flexibility index (Phi) is 4.23. The minimum Gasteiger partial charge on any atom is -0.356 e. The highest BCUT2D eigenvalue weighted by Crippen LogP contribution is 2.21. The molecule has 1 saturated heterocycles. The molecule has 6 nitrogen and oxygen atoms in total. The Labute approximate surface area is 135 Å². The number of aromatic amines is 1. The Bertz CT molecular complexity index is 821. The quantitative estimate of drug-likeness (QED) is 0.901. The topological polar surface area (TPSA) is 82.3 Å². The molecule has 2 heterocycles. The number of amides is 1. The smallest absolute Gasteiger partial charge is 0.272 e. The fourth-order valence-electron chi connectivity index (χ4n) is 2.65. The molecule has 122 valence electrons. The second-order valence-corrected chi connectivity index (χ2v) is 7.62. The van der Waals surface area contributed by atoms with Crippen LogP contribution in [0.3, 0.4) is 0 Å². The second kappa shape index (κ2) is 6.17. The van der Waals surface area contributed by atoms with E-state index in [1.807, 2.05) is 25.1 Å². The summed E-state index contributed by atoms with van der Waals surface area (Å²) in [5.74, 6) is -0.363. The van der Waals surface area contributed by atoms with Crippen molar-refractivity contribution in [2.45, 2.75) is 24.7 Å².